The van der Waals surface area contributed by atoms with Crippen molar-refractivity contribution in [3.05, 3.63) is 47.0 Å². The number of anilines is 1. The number of rotatable bonds is 4. The third-order valence-electron chi connectivity index (χ3n) is 3.31. The minimum Gasteiger partial charge on any atom is -0.392 e. The van der Waals surface area contributed by atoms with Gasteiger partial charge in [0, 0.05) is 31.0 Å². The lowest BCUT2D eigenvalue weighted by Crippen LogP contribution is -2.04. The molecule has 0 amide bonds. The van der Waals surface area contributed by atoms with E-state index in [1.54, 1.807) is 18.5 Å². The van der Waals surface area contributed by atoms with E-state index in [2.05, 4.69) is 16.4 Å². The summed E-state index contributed by atoms with van der Waals surface area (Å²) in [6, 6.07) is 5.81. The zero-order valence-corrected chi connectivity index (χ0v) is 11.0. The van der Waals surface area contributed by atoms with Gasteiger partial charge in [-0.05, 0) is 24.6 Å². The molecular weight excluding hydrogens is 240 g/mol. The third-order valence-corrected chi connectivity index (χ3v) is 3.31. The SMILES string of the molecule is Cc1c(CNc2cnccc2CO)cc(C#N)n1C. The second kappa shape index (κ2) is 5.55. The van der Waals surface area contributed by atoms with Gasteiger partial charge >= 0.3 is 0 Å². The van der Waals surface area contributed by atoms with Crippen molar-refractivity contribution >= 4 is 5.69 Å². The lowest BCUT2D eigenvalue weighted by atomic mass is 10.2. The predicted octanol–water partition coefficient (Wildman–Crippen LogP) is 1.70. The fourth-order valence-electron chi connectivity index (χ4n) is 1.96. The first-order valence-electron chi connectivity index (χ1n) is 6.00. The van der Waals surface area contributed by atoms with E-state index in [1.807, 2.05) is 24.6 Å². The Morgan fingerprint density at radius 1 is 1.47 bits per heavy atom. The summed E-state index contributed by atoms with van der Waals surface area (Å²) in [7, 11) is 1.88. The van der Waals surface area contributed by atoms with Gasteiger partial charge in [0.05, 0.1) is 18.5 Å². The zero-order chi connectivity index (χ0) is 13.8. The maximum atomic E-state index is 9.24. The number of nitrogens with one attached hydrogen (secondary N) is 1. The van der Waals surface area contributed by atoms with E-state index in [9.17, 15) is 5.11 Å². The summed E-state index contributed by atoms with van der Waals surface area (Å²) in [5.74, 6) is 0. The van der Waals surface area contributed by atoms with Crippen LogP contribution in [0.25, 0.3) is 0 Å². The smallest absolute Gasteiger partial charge is 0.120 e. The molecular formula is C14H16N4O. The summed E-state index contributed by atoms with van der Waals surface area (Å²) >= 11 is 0. The summed E-state index contributed by atoms with van der Waals surface area (Å²) in [5.41, 5.74) is 4.38. The van der Waals surface area contributed by atoms with Crippen LogP contribution in [0.1, 0.15) is 22.5 Å². The van der Waals surface area contributed by atoms with Crippen molar-refractivity contribution in [2.75, 3.05) is 5.32 Å². The van der Waals surface area contributed by atoms with Gasteiger partial charge in [0.1, 0.15) is 11.8 Å². The first kappa shape index (κ1) is 13.1. The lowest BCUT2D eigenvalue weighted by Gasteiger charge is -2.09. The summed E-state index contributed by atoms with van der Waals surface area (Å²) in [4.78, 5) is 4.04. The van der Waals surface area contributed by atoms with Crippen molar-refractivity contribution in [1.82, 2.24) is 9.55 Å². The summed E-state index contributed by atoms with van der Waals surface area (Å²) in [6.07, 6.45) is 3.34. The highest BCUT2D eigenvalue weighted by Gasteiger charge is 2.09. The second-order valence-electron chi connectivity index (χ2n) is 4.36. The van der Waals surface area contributed by atoms with E-state index in [4.69, 9.17) is 5.26 Å². The van der Waals surface area contributed by atoms with Crippen molar-refractivity contribution in [2.24, 2.45) is 7.05 Å². The van der Waals surface area contributed by atoms with E-state index in [-0.39, 0.29) is 6.61 Å². The number of aliphatic hydroxyl groups is 1. The topological polar surface area (TPSA) is 73.9 Å². The molecule has 0 radical (unpaired) electrons. The van der Waals surface area contributed by atoms with Crippen molar-refractivity contribution in [3.63, 3.8) is 0 Å². The number of aliphatic hydroxyl groups excluding tert-OH is 1. The average Bonchev–Trinajstić information content (AvgIpc) is 2.73. The molecule has 5 heteroatoms. The fraction of sp³-hybridized carbons (Fsp3) is 0.286. The molecule has 0 aliphatic heterocycles. The number of nitriles is 1. The predicted molar refractivity (Wildman–Crippen MR) is 72.4 cm³/mol. The van der Waals surface area contributed by atoms with Crippen LogP contribution in [0.5, 0.6) is 0 Å². The summed E-state index contributed by atoms with van der Waals surface area (Å²) in [5, 5.41) is 21.5. The molecule has 0 atom stereocenters. The molecule has 2 rings (SSSR count). The van der Waals surface area contributed by atoms with Crippen LogP contribution in [0.4, 0.5) is 5.69 Å². The highest BCUT2D eigenvalue weighted by Crippen LogP contribution is 2.18. The highest BCUT2D eigenvalue weighted by atomic mass is 16.3. The Balaban J connectivity index is 2.17. The van der Waals surface area contributed by atoms with Crippen LogP contribution < -0.4 is 5.32 Å². The standard InChI is InChI=1S/C14H16N4O/c1-10-12(5-13(6-15)18(10)2)7-17-14-8-16-4-3-11(14)9-19/h3-5,8,17,19H,7,9H2,1-2H3. The molecule has 98 valence electrons. The van der Waals surface area contributed by atoms with Crippen LogP contribution in [0.2, 0.25) is 0 Å². The molecule has 2 aromatic heterocycles. The first-order chi connectivity index (χ1) is 9.17. The maximum Gasteiger partial charge on any atom is 0.120 e. The molecule has 0 saturated carbocycles. The molecule has 19 heavy (non-hydrogen) atoms. The van der Waals surface area contributed by atoms with Crippen molar-refractivity contribution < 1.29 is 5.11 Å². The van der Waals surface area contributed by atoms with Crippen LogP contribution >= 0.6 is 0 Å². The van der Waals surface area contributed by atoms with Crippen LogP contribution in [0, 0.1) is 18.3 Å². The molecule has 2 aromatic rings. The van der Waals surface area contributed by atoms with Gasteiger partial charge in [0.2, 0.25) is 0 Å². The van der Waals surface area contributed by atoms with Gasteiger partial charge in [-0.3, -0.25) is 4.98 Å². The molecule has 0 bridgehead atoms. The van der Waals surface area contributed by atoms with E-state index >= 15 is 0 Å². The maximum absolute atomic E-state index is 9.24. The Labute approximate surface area is 112 Å². The number of aromatic nitrogens is 2. The van der Waals surface area contributed by atoms with Crippen LogP contribution in [-0.2, 0) is 20.2 Å². The average molecular weight is 256 g/mol. The van der Waals surface area contributed by atoms with Gasteiger partial charge < -0.3 is 15.0 Å². The molecule has 0 aliphatic rings. The molecule has 5 nitrogen and oxygen atoms in total. The third kappa shape index (κ3) is 2.59. The first-order valence-corrected chi connectivity index (χ1v) is 6.00. The van der Waals surface area contributed by atoms with Gasteiger partial charge in [-0.2, -0.15) is 5.26 Å². The zero-order valence-electron chi connectivity index (χ0n) is 11.0. The molecule has 0 aliphatic carbocycles. The second-order valence-corrected chi connectivity index (χ2v) is 4.36. The largest absolute Gasteiger partial charge is 0.392 e. The van der Waals surface area contributed by atoms with Crippen molar-refractivity contribution in [3.8, 4) is 6.07 Å². The van der Waals surface area contributed by atoms with Crippen molar-refractivity contribution in [2.45, 2.75) is 20.1 Å². The molecule has 0 saturated heterocycles. The normalized spacial score (nSPS) is 10.2. The number of hydrogen-bond donors (Lipinski definition) is 2. The molecule has 2 N–H and O–H groups in total. The molecule has 2 heterocycles. The van der Waals surface area contributed by atoms with Crippen LogP contribution in [0.3, 0.4) is 0 Å². The molecule has 0 aromatic carbocycles. The Morgan fingerprint density at radius 2 is 2.26 bits per heavy atom. The number of nitrogens with zero attached hydrogens (tertiary/aromatic N) is 3. The summed E-state index contributed by atoms with van der Waals surface area (Å²) < 4.78 is 1.87. The highest BCUT2D eigenvalue weighted by molar-refractivity contribution is 5.49. The van der Waals surface area contributed by atoms with E-state index in [1.165, 1.54) is 0 Å². The van der Waals surface area contributed by atoms with Gasteiger partial charge in [0.15, 0.2) is 0 Å². The fourth-order valence-corrected chi connectivity index (χ4v) is 1.96. The van der Waals surface area contributed by atoms with E-state index < -0.39 is 0 Å². The Kier molecular flexibility index (Phi) is 3.83. The van der Waals surface area contributed by atoms with Crippen LogP contribution in [-0.4, -0.2) is 14.7 Å². The van der Waals surface area contributed by atoms with Crippen molar-refractivity contribution in [1.29, 1.82) is 5.26 Å². The van der Waals surface area contributed by atoms with Crippen LogP contribution in [0.15, 0.2) is 24.5 Å². The minimum absolute atomic E-state index is 0.0257. The molecule has 0 spiro atoms. The Hall–Kier alpha value is -2.32. The van der Waals surface area contributed by atoms with Gasteiger partial charge in [-0.1, -0.05) is 0 Å². The van der Waals surface area contributed by atoms with Gasteiger partial charge in [-0.15, -0.1) is 0 Å². The Bertz CT molecular complexity index is 625. The van der Waals surface area contributed by atoms with E-state index in [0.717, 1.165) is 22.5 Å². The van der Waals surface area contributed by atoms with Gasteiger partial charge in [0.25, 0.3) is 0 Å². The summed E-state index contributed by atoms with van der Waals surface area (Å²) in [6.45, 7) is 2.55. The monoisotopic (exact) mass is 256 g/mol. The number of pyridine rings is 1. The number of hydrogen-bond acceptors (Lipinski definition) is 4. The minimum atomic E-state index is -0.0257. The molecule has 0 unspecified atom stereocenters. The Morgan fingerprint density at radius 3 is 2.89 bits per heavy atom. The van der Waals surface area contributed by atoms with E-state index in [0.29, 0.717) is 12.2 Å². The van der Waals surface area contributed by atoms with Gasteiger partial charge in [-0.25, -0.2) is 0 Å². The quantitative estimate of drug-likeness (QED) is 0.873. The lowest BCUT2D eigenvalue weighted by molar-refractivity contribution is 0.282. The molecule has 0 fully saturated rings.